The molecule has 0 bridgehead atoms. The fraction of sp³-hybridized carbons (Fsp3) is 0.667. The fourth-order valence-corrected chi connectivity index (χ4v) is 4.70. The van der Waals surface area contributed by atoms with Crippen LogP contribution in [0.15, 0.2) is 18.2 Å². The highest BCUT2D eigenvalue weighted by atomic mass is 16.5. The van der Waals surface area contributed by atoms with Crippen molar-refractivity contribution in [2.75, 3.05) is 20.2 Å². The van der Waals surface area contributed by atoms with Crippen molar-refractivity contribution in [2.45, 2.75) is 63.1 Å². The Balaban J connectivity index is 1.44. The molecule has 2 saturated carbocycles. The molecule has 1 heterocycles. The zero-order chi connectivity index (χ0) is 18.1. The predicted octanol–water partition coefficient (Wildman–Crippen LogP) is 2.42. The molecule has 142 valence electrons. The lowest BCUT2D eigenvalue weighted by molar-refractivity contribution is -0.124. The van der Waals surface area contributed by atoms with Crippen LogP contribution in [0.3, 0.4) is 0 Å². The molecule has 2 aliphatic carbocycles. The van der Waals surface area contributed by atoms with Crippen LogP contribution in [0.1, 0.15) is 55.7 Å². The van der Waals surface area contributed by atoms with Gasteiger partial charge in [-0.15, -0.1) is 0 Å². The number of hydrogen-bond acceptors (Lipinski definition) is 4. The second kappa shape index (κ2) is 7.57. The van der Waals surface area contributed by atoms with E-state index in [4.69, 9.17) is 4.74 Å². The van der Waals surface area contributed by atoms with Crippen LogP contribution in [0.5, 0.6) is 5.75 Å². The summed E-state index contributed by atoms with van der Waals surface area (Å²) in [6.45, 7) is 1.19. The van der Waals surface area contributed by atoms with Crippen molar-refractivity contribution in [1.82, 2.24) is 10.2 Å². The Kier molecular flexibility index (Phi) is 5.18. The molecular weight excluding hydrogens is 328 g/mol. The van der Waals surface area contributed by atoms with E-state index < -0.39 is 0 Å². The van der Waals surface area contributed by atoms with Gasteiger partial charge < -0.3 is 15.2 Å². The second-order valence-corrected chi connectivity index (χ2v) is 8.25. The molecule has 26 heavy (non-hydrogen) atoms. The first-order valence-electron chi connectivity index (χ1n) is 10.0. The van der Waals surface area contributed by atoms with Crippen molar-refractivity contribution < 1.29 is 14.6 Å². The summed E-state index contributed by atoms with van der Waals surface area (Å²) in [5.74, 6) is 1.36. The number of ether oxygens (including phenoxy) is 1. The van der Waals surface area contributed by atoms with Gasteiger partial charge in [0, 0.05) is 12.5 Å². The van der Waals surface area contributed by atoms with Crippen molar-refractivity contribution in [3.8, 4) is 5.75 Å². The van der Waals surface area contributed by atoms with Gasteiger partial charge in [0.2, 0.25) is 5.91 Å². The standard InChI is InChI=1S/C21H30N2O3/c1-23(17-4-2-3-5-17)13-20(25)22-21(16-11-18(24)12-16)15-6-7-19-14(10-15)8-9-26-19/h6-7,10,16-18,21,24H,2-5,8-9,11-13H2,1H3,(H,22,25)/t16?,18?,21-/m1/s1. The Labute approximate surface area is 155 Å². The van der Waals surface area contributed by atoms with E-state index in [1.807, 2.05) is 6.07 Å². The van der Waals surface area contributed by atoms with Gasteiger partial charge in [0.05, 0.1) is 25.3 Å². The third-order valence-electron chi connectivity index (χ3n) is 6.35. The summed E-state index contributed by atoms with van der Waals surface area (Å²) >= 11 is 0. The largest absolute Gasteiger partial charge is 0.493 e. The molecule has 1 aliphatic heterocycles. The molecule has 3 aliphatic rings. The van der Waals surface area contributed by atoms with Crippen LogP contribution in [-0.4, -0.2) is 48.3 Å². The summed E-state index contributed by atoms with van der Waals surface area (Å²) < 4.78 is 5.61. The van der Waals surface area contributed by atoms with Crippen molar-refractivity contribution in [3.63, 3.8) is 0 Å². The maximum absolute atomic E-state index is 12.7. The van der Waals surface area contributed by atoms with Crippen LogP contribution < -0.4 is 10.1 Å². The first-order chi connectivity index (χ1) is 12.6. The molecule has 5 heteroatoms. The maximum atomic E-state index is 12.7. The summed E-state index contributed by atoms with van der Waals surface area (Å²) in [6.07, 6.45) is 7.18. The van der Waals surface area contributed by atoms with E-state index in [1.54, 1.807) is 0 Å². The number of hydrogen-bond donors (Lipinski definition) is 2. The number of aliphatic hydroxyl groups excluding tert-OH is 1. The number of fused-ring (bicyclic) bond motifs is 1. The Morgan fingerprint density at radius 2 is 2.12 bits per heavy atom. The lowest BCUT2D eigenvalue weighted by atomic mass is 9.75. The number of amides is 1. The van der Waals surface area contributed by atoms with Crippen molar-refractivity contribution in [3.05, 3.63) is 29.3 Å². The van der Waals surface area contributed by atoms with E-state index in [0.717, 1.165) is 37.2 Å². The van der Waals surface area contributed by atoms with Gasteiger partial charge in [0.15, 0.2) is 0 Å². The molecule has 1 amide bonds. The molecule has 5 nitrogen and oxygen atoms in total. The number of carbonyl (C=O) groups is 1. The molecule has 2 fully saturated rings. The third-order valence-corrected chi connectivity index (χ3v) is 6.35. The number of nitrogens with one attached hydrogen (secondary N) is 1. The minimum absolute atomic E-state index is 0.0196. The highest BCUT2D eigenvalue weighted by Gasteiger charge is 2.36. The van der Waals surface area contributed by atoms with Gasteiger partial charge in [0.1, 0.15) is 5.75 Å². The zero-order valence-electron chi connectivity index (χ0n) is 15.6. The lowest BCUT2D eigenvalue weighted by Gasteiger charge is -2.38. The average Bonchev–Trinajstić information content (AvgIpc) is 3.27. The van der Waals surface area contributed by atoms with Crippen LogP contribution in [0.2, 0.25) is 0 Å². The van der Waals surface area contributed by atoms with E-state index in [1.165, 1.54) is 31.2 Å². The van der Waals surface area contributed by atoms with Gasteiger partial charge in [-0.1, -0.05) is 18.9 Å². The Morgan fingerprint density at radius 3 is 2.85 bits per heavy atom. The quantitative estimate of drug-likeness (QED) is 0.820. The van der Waals surface area contributed by atoms with E-state index in [0.29, 0.717) is 18.5 Å². The summed E-state index contributed by atoms with van der Waals surface area (Å²) in [5, 5.41) is 13.0. The summed E-state index contributed by atoms with van der Waals surface area (Å²) in [4.78, 5) is 14.9. The van der Waals surface area contributed by atoms with Crippen molar-refractivity contribution in [2.24, 2.45) is 5.92 Å². The number of nitrogens with zero attached hydrogens (tertiary/aromatic N) is 1. The Morgan fingerprint density at radius 1 is 1.35 bits per heavy atom. The minimum Gasteiger partial charge on any atom is -0.493 e. The maximum Gasteiger partial charge on any atom is 0.234 e. The molecule has 1 aromatic carbocycles. The first kappa shape index (κ1) is 17.8. The first-order valence-corrected chi connectivity index (χ1v) is 10.0. The third kappa shape index (κ3) is 3.74. The molecule has 0 radical (unpaired) electrons. The van der Waals surface area contributed by atoms with E-state index in [-0.39, 0.29) is 18.1 Å². The van der Waals surface area contributed by atoms with Gasteiger partial charge in [-0.3, -0.25) is 9.69 Å². The monoisotopic (exact) mass is 358 g/mol. The SMILES string of the molecule is CN(CC(=O)N[C@H](c1ccc2c(c1)CCO2)C1CC(O)C1)C1CCCC1. The molecule has 4 rings (SSSR count). The van der Waals surface area contributed by atoms with E-state index in [2.05, 4.69) is 29.4 Å². The highest BCUT2D eigenvalue weighted by Crippen LogP contribution is 2.39. The minimum atomic E-state index is -0.224. The Bertz CT molecular complexity index is 651. The lowest BCUT2D eigenvalue weighted by Crippen LogP contribution is -2.45. The molecule has 2 N–H and O–H groups in total. The summed E-state index contributed by atoms with van der Waals surface area (Å²) in [7, 11) is 2.06. The van der Waals surface area contributed by atoms with Gasteiger partial charge in [0.25, 0.3) is 0 Å². The van der Waals surface area contributed by atoms with Gasteiger partial charge in [-0.2, -0.15) is 0 Å². The normalized spacial score (nSPS) is 26.3. The predicted molar refractivity (Wildman–Crippen MR) is 100 cm³/mol. The van der Waals surface area contributed by atoms with E-state index >= 15 is 0 Å². The van der Waals surface area contributed by atoms with Crippen LogP contribution >= 0.6 is 0 Å². The number of likely N-dealkylation sites (N-methyl/N-ethyl adjacent to an activating group) is 1. The molecule has 0 spiro atoms. The number of carbonyl (C=O) groups excluding carboxylic acids is 1. The summed E-state index contributed by atoms with van der Waals surface area (Å²) in [6, 6.07) is 6.80. The summed E-state index contributed by atoms with van der Waals surface area (Å²) in [5.41, 5.74) is 2.37. The number of benzene rings is 1. The average molecular weight is 358 g/mol. The van der Waals surface area contributed by atoms with E-state index in [9.17, 15) is 9.90 Å². The highest BCUT2D eigenvalue weighted by molar-refractivity contribution is 5.78. The molecule has 0 saturated heterocycles. The van der Waals surface area contributed by atoms with Gasteiger partial charge in [-0.05, 0) is 61.9 Å². The molecule has 1 aromatic rings. The second-order valence-electron chi connectivity index (χ2n) is 8.25. The van der Waals surface area contributed by atoms with Gasteiger partial charge >= 0.3 is 0 Å². The van der Waals surface area contributed by atoms with Crippen molar-refractivity contribution >= 4 is 5.91 Å². The molecule has 0 unspecified atom stereocenters. The molecular formula is C21H30N2O3. The molecule has 1 atom stereocenters. The van der Waals surface area contributed by atoms with Crippen LogP contribution in [-0.2, 0) is 11.2 Å². The van der Waals surface area contributed by atoms with Crippen molar-refractivity contribution in [1.29, 1.82) is 0 Å². The molecule has 0 aromatic heterocycles. The van der Waals surface area contributed by atoms with Gasteiger partial charge in [-0.25, -0.2) is 0 Å². The van der Waals surface area contributed by atoms with Crippen LogP contribution in [0.4, 0.5) is 0 Å². The number of aliphatic hydroxyl groups is 1. The topological polar surface area (TPSA) is 61.8 Å². The fourth-order valence-electron chi connectivity index (χ4n) is 4.70. The van der Waals surface area contributed by atoms with Crippen LogP contribution in [0, 0.1) is 5.92 Å². The zero-order valence-corrected chi connectivity index (χ0v) is 15.6. The van der Waals surface area contributed by atoms with Crippen LogP contribution in [0.25, 0.3) is 0 Å². The number of rotatable bonds is 6. The Hall–Kier alpha value is -1.59. The smallest absolute Gasteiger partial charge is 0.234 e.